The molecule has 3 rings (SSSR count). The number of hydrogen-bond acceptors (Lipinski definition) is 8. The van der Waals surface area contributed by atoms with Gasteiger partial charge >= 0.3 is 5.97 Å². The number of rotatable bonds is 9. The molecule has 0 aliphatic carbocycles. The van der Waals surface area contributed by atoms with E-state index in [1.807, 2.05) is 18.2 Å². The number of aromatic amines is 1. The van der Waals surface area contributed by atoms with Gasteiger partial charge in [0.05, 0.1) is 32.4 Å². The van der Waals surface area contributed by atoms with E-state index in [0.29, 0.717) is 29.2 Å². The summed E-state index contributed by atoms with van der Waals surface area (Å²) in [4.78, 5) is 19.4. The fourth-order valence-corrected chi connectivity index (χ4v) is 3.14. The van der Waals surface area contributed by atoms with E-state index >= 15 is 0 Å². The minimum atomic E-state index is -0.535. The first-order valence-electron chi connectivity index (χ1n) is 9.72. The van der Waals surface area contributed by atoms with Crippen molar-refractivity contribution in [3.05, 3.63) is 53.5 Å². The maximum absolute atomic E-state index is 12.2. The number of fused-ring (bicyclic) bond motifs is 1. The minimum Gasteiger partial charge on any atom is -0.507 e. The largest absolute Gasteiger partial charge is 0.507 e. The molecule has 9 heteroatoms. The number of aromatic nitrogens is 2. The van der Waals surface area contributed by atoms with Crippen LogP contribution in [0.5, 0.6) is 17.2 Å². The minimum absolute atomic E-state index is 0.0540. The van der Waals surface area contributed by atoms with Crippen LogP contribution >= 0.6 is 0 Å². The van der Waals surface area contributed by atoms with Gasteiger partial charge in [-0.2, -0.15) is 5.26 Å². The Morgan fingerprint density at radius 1 is 1.12 bits per heavy atom. The summed E-state index contributed by atoms with van der Waals surface area (Å²) in [5.41, 5.74) is 2.09. The number of hydrogen-bond donors (Lipinski definition) is 2. The molecule has 0 saturated heterocycles. The van der Waals surface area contributed by atoms with Crippen molar-refractivity contribution >= 4 is 22.6 Å². The summed E-state index contributed by atoms with van der Waals surface area (Å²) in [5, 5.41) is 19.7. The zero-order chi connectivity index (χ0) is 23.1. The number of aliphatic hydroxyl groups excluding tert-OH is 1. The normalized spacial score (nSPS) is 11.4. The predicted octanol–water partition coefficient (Wildman–Crippen LogP) is 3.56. The van der Waals surface area contributed by atoms with Crippen LogP contribution in [0.1, 0.15) is 17.8 Å². The zero-order valence-corrected chi connectivity index (χ0v) is 18.0. The third-order valence-electron chi connectivity index (χ3n) is 4.74. The summed E-state index contributed by atoms with van der Waals surface area (Å²) in [7, 11) is 4.54. The van der Waals surface area contributed by atoms with Crippen LogP contribution < -0.4 is 14.2 Å². The van der Waals surface area contributed by atoms with Gasteiger partial charge in [-0.1, -0.05) is 12.1 Å². The van der Waals surface area contributed by atoms with Gasteiger partial charge in [-0.3, -0.25) is 4.79 Å². The molecule has 0 atom stereocenters. The molecule has 0 amide bonds. The highest BCUT2D eigenvalue weighted by Crippen LogP contribution is 2.38. The topological polar surface area (TPSA) is 127 Å². The van der Waals surface area contributed by atoms with Crippen molar-refractivity contribution in [2.75, 3.05) is 27.9 Å². The van der Waals surface area contributed by atoms with E-state index < -0.39 is 12.6 Å². The smallest absolute Gasteiger partial charge is 0.306 e. The molecule has 0 fully saturated rings. The number of allylic oxidation sites excluding steroid dienone is 1. The summed E-state index contributed by atoms with van der Waals surface area (Å²) in [5.74, 6) is 0.728. The standard InChI is InChI=1S/C23H23N3O6/c1-29-19-10-14(11-20(30-2)22(19)31-3)8-9-21(28)32-13-18(27)15(12-24)23-25-16-6-4-5-7-17(16)26-23/h4-7,10-11,27H,8-9,13H2,1-3H3,(H,25,26). The number of nitriles is 1. The summed E-state index contributed by atoms with van der Waals surface area (Å²) in [6.07, 6.45) is 0.410. The molecule has 2 N–H and O–H groups in total. The van der Waals surface area contributed by atoms with Crippen LogP contribution in [-0.2, 0) is 16.0 Å². The number of carbonyl (C=O) groups excluding carboxylic acids is 1. The van der Waals surface area contributed by atoms with Crippen molar-refractivity contribution < 1.29 is 28.8 Å². The molecule has 3 aromatic rings. The van der Waals surface area contributed by atoms with Crippen LogP contribution in [0.15, 0.2) is 42.2 Å². The van der Waals surface area contributed by atoms with Crippen LogP contribution in [-0.4, -0.2) is 49.0 Å². The summed E-state index contributed by atoms with van der Waals surface area (Å²) < 4.78 is 21.0. The first-order chi connectivity index (χ1) is 15.5. The van der Waals surface area contributed by atoms with Gasteiger partial charge in [0.1, 0.15) is 18.2 Å². The third-order valence-corrected chi connectivity index (χ3v) is 4.74. The van der Waals surface area contributed by atoms with Crippen molar-refractivity contribution in [2.24, 2.45) is 0 Å². The fraction of sp³-hybridized carbons (Fsp3) is 0.261. The van der Waals surface area contributed by atoms with Gasteiger partial charge in [0, 0.05) is 6.42 Å². The Kier molecular flexibility index (Phi) is 7.18. The number of imidazole rings is 1. The number of nitrogens with one attached hydrogen (secondary N) is 1. The number of carbonyl (C=O) groups is 1. The molecule has 9 nitrogen and oxygen atoms in total. The van der Waals surface area contributed by atoms with Gasteiger partial charge < -0.3 is 29.0 Å². The summed E-state index contributed by atoms with van der Waals surface area (Å²) in [6.45, 7) is -0.436. The van der Waals surface area contributed by atoms with Gasteiger partial charge in [0.2, 0.25) is 5.75 Å². The molecule has 0 unspecified atom stereocenters. The summed E-state index contributed by atoms with van der Waals surface area (Å²) >= 11 is 0. The first kappa shape index (κ1) is 22.5. The number of H-pyrrole nitrogens is 1. The van der Waals surface area contributed by atoms with Gasteiger partial charge in [-0.25, -0.2) is 4.98 Å². The second kappa shape index (κ2) is 10.2. The number of aryl methyl sites for hydroxylation is 1. The second-order valence-corrected chi connectivity index (χ2v) is 6.73. The van der Waals surface area contributed by atoms with E-state index in [-0.39, 0.29) is 23.6 Å². The Morgan fingerprint density at radius 2 is 1.81 bits per heavy atom. The Hall–Kier alpha value is -4.19. The molecule has 0 aliphatic rings. The number of para-hydroxylation sites is 2. The molecule has 0 bridgehead atoms. The molecule has 1 heterocycles. The number of benzene rings is 2. The van der Waals surface area contributed by atoms with Crippen LogP contribution in [0.3, 0.4) is 0 Å². The highest BCUT2D eigenvalue weighted by Gasteiger charge is 2.16. The molecular formula is C23H23N3O6. The Labute approximate surface area is 184 Å². The lowest BCUT2D eigenvalue weighted by Crippen LogP contribution is -2.10. The molecule has 2 aromatic carbocycles. The average molecular weight is 437 g/mol. The number of esters is 1. The third kappa shape index (κ3) is 4.92. The monoisotopic (exact) mass is 437 g/mol. The van der Waals surface area contributed by atoms with Gasteiger partial charge in [0.15, 0.2) is 23.1 Å². The van der Waals surface area contributed by atoms with E-state index in [2.05, 4.69) is 9.97 Å². The lowest BCUT2D eigenvalue weighted by molar-refractivity contribution is -0.143. The van der Waals surface area contributed by atoms with Gasteiger partial charge in [-0.05, 0) is 36.2 Å². The molecule has 166 valence electrons. The van der Waals surface area contributed by atoms with E-state index in [4.69, 9.17) is 18.9 Å². The van der Waals surface area contributed by atoms with Crippen molar-refractivity contribution in [1.82, 2.24) is 9.97 Å². The van der Waals surface area contributed by atoms with Crippen molar-refractivity contribution in [3.8, 4) is 23.3 Å². The number of nitrogens with zero attached hydrogens (tertiary/aromatic N) is 2. The van der Waals surface area contributed by atoms with Crippen LogP contribution in [0.2, 0.25) is 0 Å². The SMILES string of the molecule is COc1cc(CCC(=O)OCC(O)=C(C#N)c2nc3ccccc3[nH]2)cc(OC)c1OC. The van der Waals surface area contributed by atoms with E-state index in [1.165, 1.54) is 21.3 Å². The molecule has 0 aliphatic heterocycles. The van der Waals surface area contributed by atoms with Crippen LogP contribution in [0, 0.1) is 11.3 Å². The van der Waals surface area contributed by atoms with Crippen LogP contribution in [0.25, 0.3) is 16.6 Å². The first-order valence-corrected chi connectivity index (χ1v) is 9.72. The van der Waals surface area contributed by atoms with Crippen molar-refractivity contribution in [2.45, 2.75) is 12.8 Å². The highest BCUT2D eigenvalue weighted by molar-refractivity contribution is 5.83. The second-order valence-electron chi connectivity index (χ2n) is 6.73. The number of aliphatic hydroxyl groups is 1. The van der Waals surface area contributed by atoms with Crippen LogP contribution in [0.4, 0.5) is 0 Å². The van der Waals surface area contributed by atoms with Gasteiger partial charge in [-0.15, -0.1) is 0 Å². The number of ether oxygens (including phenoxy) is 4. The average Bonchev–Trinajstić information content (AvgIpc) is 3.24. The highest BCUT2D eigenvalue weighted by atomic mass is 16.5. The number of methoxy groups -OCH3 is 3. The zero-order valence-electron chi connectivity index (χ0n) is 18.0. The van der Waals surface area contributed by atoms with E-state index in [9.17, 15) is 15.2 Å². The Bertz CT molecular complexity index is 1130. The molecular weight excluding hydrogens is 414 g/mol. The Balaban J connectivity index is 1.64. The molecule has 1 aromatic heterocycles. The summed E-state index contributed by atoms with van der Waals surface area (Å²) in [6, 6.07) is 12.6. The maximum atomic E-state index is 12.2. The molecule has 0 spiro atoms. The van der Waals surface area contributed by atoms with Gasteiger partial charge in [0.25, 0.3) is 0 Å². The maximum Gasteiger partial charge on any atom is 0.306 e. The lowest BCUT2D eigenvalue weighted by atomic mass is 10.1. The van der Waals surface area contributed by atoms with Crippen molar-refractivity contribution in [3.63, 3.8) is 0 Å². The molecule has 0 saturated carbocycles. The van der Waals surface area contributed by atoms with E-state index in [1.54, 1.807) is 24.3 Å². The quantitative estimate of drug-likeness (QED) is 0.296. The Morgan fingerprint density at radius 3 is 2.41 bits per heavy atom. The van der Waals surface area contributed by atoms with E-state index in [0.717, 1.165) is 11.1 Å². The molecule has 0 radical (unpaired) electrons. The lowest BCUT2D eigenvalue weighted by Gasteiger charge is -2.14. The fourth-order valence-electron chi connectivity index (χ4n) is 3.14. The predicted molar refractivity (Wildman–Crippen MR) is 117 cm³/mol. The molecule has 32 heavy (non-hydrogen) atoms. The van der Waals surface area contributed by atoms with Crippen molar-refractivity contribution in [1.29, 1.82) is 5.26 Å².